The van der Waals surface area contributed by atoms with Crippen molar-refractivity contribution in [1.82, 2.24) is 0 Å². The van der Waals surface area contributed by atoms with E-state index in [9.17, 15) is 19.5 Å². The fourth-order valence-corrected chi connectivity index (χ4v) is 11.3. The van der Waals surface area contributed by atoms with Crippen LogP contribution in [0, 0.1) is 29.1 Å². The molecule has 1 spiro atoms. The second kappa shape index (κ2) is 8.94. The van der Waals surface area contributed by atoms with E-state index in [0.29, 0.717) is 48.1 Å². The molecule has 0 amide bonds. The zero-order chi connectivity index (χ0) is 32.9. The molecule has 10 rings (SSSR count). The van der Waals surface area contributed by atoms with E-state index >= 15 is 0 Å². The molecule has 6 aliphatic carbocycles. The molecule has 1 aromatic carbocycles. The number of hydrogen-bond donors (Lipinski definition) is 1. The minimum atomic E-state index is -1.52. The Kier molecular flexibility index (Phi) is 5.83. The minimum absolute atomic E-state index is 0.0457. The highest BCUT2D eigenvalue weighted by Crippen LogP contribution is 2.76. The van der Waals surface area contributed by atoms with Gasteiger partial charge in [-0.05, 0) is 84.6 Å². The zero-order valence-corrected chi connectivity index (χ0v) is 28.0. The molecule has 8 heteroatoms. The van der Waals surface area contributed by atoms with Crippen molar-refractivity contribution in [1.29, 1.82) is 0 Å². The van der Waals surface area contributed by atoms with Crippen LogP contribution in [0.5, 0.6) is 17.2 Å². The quantitative estimate of drug-likeness (QED) is 0.211. The molecule has 9 aliphatic rings. The average Bonchev–Trinajstić information content (AvgIpc) is 3.12. The molecule has 8 bridgehead atoms. The number of fused-ring (bicyclic) bond motifs is 3. The van der Waals surface area contributed by atoms with Crippen LogP contribution in [-0.4, -0.2) is 45.5 Å². The number of benzene rings is 1. The van der Waals surface area contributed by atoms with Crippen molar-refractivity contribution in [3.05, 3.63) is 51.8 Å². The Labute approximate surface area is 270 Å². The molecular weight excluding hydrogens is 584 g/mol. The molecule has 46 heavy (non-hydrogen) atoms. The maximum absolute atomic E-state index is 15.0. The summed E-state index contributed by atoms with van der Waals surface area (Å²) in [5, 5.41) is 12.2. The number of rotatable bonds is 6. The molecule has 1 aromatic rings. The van der Waals surface area contributed by atoms with Crippen LogP contribution in [0.3, 0.4) is 0 Å². The summed E-state index contributed by atoms with van der Waals surface area (Å²) in [6, 6.07) is 0. The van der Waals surface area contributed by atoms with Gasteiger partial charge >= 0.3 is 0 Å². The van der Waals surface area contributed by atoms with E-state index in [4.69, 9.17) is 18.9 Å². The molecule has 8 nitrogen and oxygen atoms in total. The first-order valence-corrected chi connectivity index (χ1v) is 16.8. The normalized spacial score (nSPS) is 39.5. The summed E-state index contributed by atoms with van der Waals surface area (Å²) in [7, 11) is 0. The van der Waals surface area contributed by atoms with Gasteiger partial charge < -0.3 is 24.1 Å². The molecule has 8 atom stereocenters. The van der Waals surface area contributed by atoms with Gasteiger partial charge in [0.1, 0.15) is 34.2 Å². The van der Waals surface area contributed by atoms with Gasteiger partial charge in [0, 0.05) is 46.8 Å². The van der Waals surface area contributed by atoms with Gasteiger partial charge in [-0.3, -0.25) is 14.4 Å². The first kappa shape index (κ1) is 30.0. The van der Waals surface area contributed by atoms with Crippen LogP contribution < -0.4 is 9.47 Å². The van der Waals surface area contributed by atoms with Gasteiger partial charge in [0.25, 0.3) is 6.47 Å². The second-order valence-electron chi connectivity index (χ2n) is 16.4. The number of carbonyl (C=O) groups is 3. The molecule has 0 radical (unpaired) electrons. The number of phenols is 1. The highest BCUT2D eigenvalue weighted by atomic mass is 16.6. The Balaban J connectivity index is 1.39. The van der Waals surface area contributed by atoms with Crippen LogP contribution in [0.2, 0.25) is 0 Å². The second-order valence-corrected chi connectivity index (χ2v) is 16.4. The van der Waals surface area contributed by atoms with E-state index < -0.39 is 28.3 Å². The fraction of sp³-hybridized carbons (Fsp3) is 0.605. The predicted octanol–water partition coefficient (Wildman–Crippen LogP) is 6.68. The van der Waals surface area contributed by atoms with Crippen LogP contribution in [0.15, 0.2) is 35.1 Å². The number of aromatic hydroxyl groups is 1. The van der Waals surface area contributed by atoms with Gasteiger partial charge in [-0.1, -0.05) is 31.6 Å². The molecule has 3 aliphatic heterocycles. The van der Waals surface area contributed by atoms with Gasteiger partial charge in [0.2, 0.25) is 0 Å². The summed E-state index contributed by atoms with van der Waals surface area (Å²) < 4.78 is 26.2. The lowest BCUT2D eigenvalue weighted by molar-refractivity contribution is -0.214. The Morgan fingerprint density at radius 3 is 2.48 bits per heavy atom. The largest absolute Gasteiger partial charge is 0.507 e. The summed E-state index contributed by atoms with van der Waals surface area (Å²) in [6.07, 6.45) is 8.48. The van der Waals surface area contributed by atoms with Gasteiger partial charge in [-0.25, -0.2) is 0 Å². The predicted molar refractivity (Wildman–Crippen MR) is 169 cm³/mol. The molecule has 0 aromatic heterocycles. The maximum atomic E-state index is 15.0. The Bertz CT molecular complexity index is 1740. The van der Waals surface area contributed by atoms with Gasteiger partial charge in [-0.2, -0.15) is 0 Å². The number of ether oxygens (including phenoxy) is 4. The third-order valence-electron chi connectivity index (χ3n) is 13.1. The third kappa shape index (κ3) is 3.27. The van der Waals surface area contributed by atoms with Gasteiger partial charge in [0.05, 0.1) is 5.60 Å². The highest BCUT2D eigenvalue weighted by Gasteiger charge is 2.81. The first-order chi connectivity index (χ1) is 21.6. The van der Waals surface area contributed by atoms with Crippen LogP contribution in [-0.2, 0) is 25.5 Å². The van der Waals surface area contributed by atoms with Crippen molar-refractivity contribution in [3.63, 3.8) is 0 Å². The van der Waals surface area contributed by atoms with Crippen molar-refractivity contribution in [2.75, 3.05) is 0 Å². The minimum Gasteiger partial charge on any atom is -0.507 e. The molecule has 5 unspecified atom stereocenters. The average molecular weight is 629 g/mol. The van der Waals surface area contributed by atoms with E-state index in [1.807, 2.05) is 27.7 Å². The topological polar surface area (TPSA) is 108 Å². The molecule has 244 valence electrons. The SMILES string of the molecule is CC(C)=CCc1c2c(c(O)c3c1O[C@]1(C)CCC4C3C1C4(C)C)C(=O)C1=CC3CC4C(C)(C)O[C@@](C/C=C(/C)OC=O)(C3=O)[C@@]14O2. The molecule has 4 saturated carbocycles. The van der Waals surface area contributed by atoms with Crippen LogP contribution >= 0.6 is 0 Å². The Morgan fingerprint density at radius 1 is 1.07 bits per heavy atom. The smallest absolute Gasteiger partial charge is 0.298 e. The fourth-order valence-electron chi connectivity index (χ4n) is 11.3. The third-order valence-corrected chi connectivity index (χ3v) is 13.1. The number of ketones is 2. The summed E-state index contributed by atoms with van der Waals surface area (Å²) in [5.41, 5.74) is -0.973. The van der Waals surface area contributed by atoms with Gasteiger partial charge in [-0.15, -0.1) is 0 Å². The number of carbonyl (C=O) groups excluding carboxylic acids is 3. The number of Topliss-reactive ketones (excluding diaryl/α,β-unsaturated/α-hetero) is 2. The standard InChI is InChI=1S/C38H44O8/c1-18(2)9-10-21-30-26(25-22-12-13-36(8,44-30)32(25)34(22,4)5)29(41)27-28(40)23-15-20-16-24-35(6,7)46-37(33(20)42,14-11-19(3)43-17-39)38(23,24)45-31(21)27/h9,11,15,17,20,22,24-25,32,41H,10,12-14,16H2,1-8H3/b19-11-/t20?,22?,24?,25?,32?,36-,37+,38-/m1/s1. The lowest BCUT2D eigenvalue weighted by atomic mass is 9.37. The van der Waals surface area contributed by atoms with Crippen LogP contribution in [0.25, 0.3) is 0 Å². The van der Waals surface area contributed by atoms with Crippen LogP contribution in [0.1, 0.15) is 108 Å². The molecule has 3 heterocycles. The van der Waals surface area contributed by atoms with Crippen molar-refractivity contribution in [2.24, 2.45) is 29.1 Å². The van der Waals surface area contributed by atoms with E-state index in [1.54, 1.807) is 19.1 Å². The first-order valence-electron chi connectivity index (χ1n) is 16.8. The van der Waals surface area contributed by atoms with Crippen LogP contribution in [0.4, 0.5) is 0 Å². The monoisotopic (exact) mass is 628 g/mol. The summed E-state index contributed by atoms with van der Waals surface area (Å²) in [6.45, 7) is 16.8. The van der Waals surface area contributed by atoms with Crippen molar-refractivity contribution in [2.45, 2.75) is 116 Å². The zero-order valence-electron chi connectivity index (χ0n) is 28.0. The molecule has 5 fully saturated rings. The lowest BCUT2D eigenvalue weighted by Gasteiger charge is -2.70. The van der Waals surface area contributed by atoms with Gasteiger partial charge in [0.15, 0.2) is 22.8 Å². The number of phenolic OH excluding ortho intramolecular Hbond substituents is 1. The van der Waals surface area contributed by atoms with Crippen molar-refractivity contribution in [3.8, 4) is 17.2 Å². The van der Waals surface area contributed by atoms with E-state index in [1.165, 1.54) is 0 Å². The Hall–Kier alpha value is -3.39. The van der Waals surface area contributed by atoms with Crippen molar-refractivity contribution >= 4 is 18.0 Å². The van der Waals surface area contributed by atoms with E-state index in [-0.39, 0.29) is 52.5 Å². The van der Waals surface area contributed by atoms with E-state index in [2.05, 4.69) is 26.8 Å². The summed E-state index contributed by atoms with van der Waals surface area (Å²) in [5.74, 6) is 0.590. The number of hydrogen-bond acceptors (Lipinski definition) is 8. The maximum Gasteiger partial charge on any atom is 0.298 e. The highest BCUT2D eigenvalue weighted by molar-refractivity contribution is 6.18. The summed E-state index contributed by atoms with van der Waals surface area (Å²) >= 11 is 0. The van der Waals surface area contributed by atoms with E-state index in [0.717, 1.165) is 29.5 Å². The lowest BCUT2D eigenvalue weighted by Crippen LogP contribution is -2.72. The number of allylic oxidation sites excluding steroid dienone is 4. The Morgan fingerprint density at radius 2 is 1.80 bits per heavy atom. The molecule has 1 saturated heterocycles. The summed E-state index contributed by atoms with van der Waals surface area (Å²) in [4.78, 5) is 40.5. The molecule has 1 N–H and O–H groups in total. The molecular formula is C38H44O8. The van der Waals surface area contributed by atoms with Crippen molar-refractivity contribution < 1.29 is 38.4 Å².